The van der Waals surface area contributed by atoms with Crippen LogP contribution in [-0.2, 0) is 0 Å². The molecule has 6 heteroatoms. The second-order valence-corrected chi connectivity index (χ2v) is 6.76. The van der Waals surface area contributed by atoms with Gasteiger partial charge in [0.15, 0.2) is 0 Å². The summed E-state index contributed by atoms with van der Waals surface area (Å²) in [5, 5.41) is 30.0. The minimum absolute atomic E-state index is 0.152. The summed E-state index contributed by atoms with van der Waals surface area (Å²) in [6.45, 7) is 5.19. The minimum atomic E-state index is -1.35. The first-order valence-corrected chi connectivity index (χ1v) is 7.96. The van der Waals surface area contributed by atoms with Gasteiger partial charge in [-0.25, -0.2) is 4.79 Å². The monoisotopic (exact) mass is 354 g/mol. The zero-order chi connectivity index (χ0) is 19.2. The van der Waals surface area contributed by atoms with E-state index in [-0.39, 0.29) is 28.2 Å². The summed E-state index contributed by atoms with van der Waals surface area (Å²) in [6, 6.07) is 5.54. The molecule has 0 atom stereocenters. The van der Waals surface area contributed by atoms with E-state index in [0.717, 1.165) is 0 Å². The number of carboxylic acid groups (broad SMARTS) is 1. The van der Waals surface area contributed by atoms with E-state index in [1.54, 1.807) is 32.9 Å². The van der Waals surface area contributed by atoms with Crippen molar-refractivity contribution in [3.05, 3.63) is 58.2 Å². The van der Waals surface area contributed by atoms with E-state index in [9.17, 15) is 24.9 Å². The Balaban J connectivity index is 2.26. The number of benzene rings is 2. The van der Waals surface area contributed by atoms with E-state index in [4.69, 9.17) is 4.74 Å². The third-order valence-electron chi connectivity index (χ3n) is 4.14. The number of phenolic OH excluding ortho intramolecular Hbond substituents is 2. The Labute approximate surface area is 150 Å². The summed E-state index contributed by atoms with van der Waals surface area (Å²) in [5.41, 5.74) is -0.537. The van der Waals surface area contributed by atoms with Crippen LogP contribution in [0.3, 0.4) is 0 Å². The number of carbonyl (C=O) groups is 2. The molecule has 0 spiro atoms. The standard InChI is InChI=1S/C20H18O6/c1-10-8-12(19(24)25)15(14(22)9-10)17(23)16-13(21)5-4-11-6-7-20(2,3)26-18(11)16/h4-9,21-22H,1-3H3,(H,24,25). The molecule has 0 radical (unpaired) electrons. The molecule has 1 aliphatic heterocycles. The maximum absolute atomic E-state index is 13.1. The van der Waals surface area contributed by atoms with Gasteiger partial charge in [-0.05, 0) is 56.7 Å². The Morgan fingerprint density at radius 3 is 2.38 bits per heavy atom. The number of aromatic carboxylic acids is 1. The van der Waals surface area contributed by atoms with Crippen molar-refractivity contribution in [2.75, 3.05) is 0 Å². The van der Waals surface area contributed by atoms with Crippen molar-refractivity contribution >= 4 is 17.8 Å². The predicted molar refractivity (Wildman–Crippen MR) is 95.1 cm³/mol. The second kappa shape index (κ2) is 5.91. The van der Waals surface area contributed by atoms with Gasteiger partial charge in [0.05, 0.1) is 11.1 Å². The van der Waals surface area contributed by atoms with Crippen LogP contribution in [-0.4, -0.2) is 32.7 Å². The molecule has 6 nitrogen and oxygen atoms in total. The van der Waals surface area contributed by atoms with E-state index in [1.807, 2.05) is 6.08 Å². The van der Waals surface area contributed by atoms with Crippen molar-refractivity contribution in [1.29, 1.82) is 0 Å². The number of fused-ring (bicyclic) bond motifs is 1. The van der Waals surface area contributed by atoms with Crippen LogP contribution in [0.5, 0.6) is 17.2 Å². The van der Waals surface area contributed by atoms with E-state index in [1.165, 1.54) is 18.2 Å². The number of phenols is 2. The summed E-state index contributed by atoms with van der Waals surface area (Å²) in [7, 11) is 0. The molecular weight excluding hydrogens is 336 g/mol. The zero-order valence-electron chi connectivity index (χ0n) is 14.5. The van der Waals surface area contributed by atoms with Crippen LogP contribution in [0.1, 0.15) is 51.3 Å². The molecule has 3 rings (SSSR count). The highest BCUT2D eigenvalue weighted by Crippen LogP contribution is 2.41. The number of hydrogen-bond acceptors (Lipinski definition) is 5. The van der Waals surface area contributed by atoms with Gasteiger partial charge in [0.1, 0.15) is 28.4 Å². The molecule has 0 unspecified atom stereocenters. The summed E-state index contributed by atoms with van der Waals surface area (Å²) < 4.78 is 5.84. The molecule has 3 N–H and O–H groups in total. The first-order valence-electron chi connectivity index (χ1n) is 7.96. The molecule has 0 aromatic heterocycles. The van der Waals surface area contributed by atoms with Crippen LogP contribution in [0, 0.1) is 6.92 Å². The third kappa shape index (κ3) is 2.90. The largest absolute Gasteiger partial charge is 0.507 e. The van der Waals surface area contributed by atoms with Crippen molar-refractivity contribution in [2.24, 2.45) is 0 Å². The highest BCUT2D eigenvalue weighted by molar-refractivity contribution is 6.18. The lowest BCUT2D eigenvalue weighted by Crippen LogP contribution is -2.28. The first kappa shape index (κ1) is 17.5. The van der Waals surface area contributed by atoms with E-state index >= 15 is 0 Å². The minimum Gasteiger partial charge on any atom is -0.507 e. The molecular formula is C20H18O6. The molecule has 1 aliphatic rings. The fraction of sp³-hybridized carbons (Fsp3) is 0.200. The number of carbonyl (C=O) groups excluding carboxylic acids is 1. The molecule has 0 amide bonds. The zero-order valence-corrected chi connectivity index (χ0v) is 14.5. The topological polar surface area (TPSA) is 104 Å². The van der Waals surface area contributed by atoms with Gasteiger partial charge in [-0.2, -0.15) is 0 Å². The van der Waals surface area contributed by atoms with Gasteiger partial charge in [0.2, 0.25) is 5.78 Å². The van der Waals surface area contributed by atoms with Gasteiger partial charge in [-0.1, -0.05) is 6.08 Å². The molecule has 0 fully saturated rings. The number of ether oxygens (including phenoxy) is 1. The van der Waals surface area contributed by atoms with E-state index < -0.39 is 23.1 Å². The van der Waals surface area contributed by atoms with Crippen molar-refractivity contribution in [3.8, 4) is 17.2 Å². The van der Waals surface area contributed by atoms with Crippen LogP contribution in [0.4, 0.5) is 0 Å². The molecule has 2 aromatic carbocycles. The third-order valence-corrected chi connectivity index (χ3v) is 4.14. The fourth-order valence-corrected chi connectivity index (χ4v) is 2.94. The average molecular weight is 354 g/mol. The average Bonchev–Trinajstić information content (AvgIpc) is 2.52. The normalized spacial score (nSPS) is 14.4. The highest BCUT2D eigenvalue weighted by atomic mass is 16.5. The van der Waals surface area contributed by atoms with Crippen LogP contribution >= 0.6 is 0 Å². The van der Waals surface area contributed by atoms with Gasteiger partial charge in [-0.3, -0.25) is 4.79 Å². The highest BCUT2D eigenvalue weighted by Gasteiger charge is 2.32. The summed E-state index contributed by atoms with van der Waals surface area (Å²) in [5.74, 6) is -2.83. The van der Waals surface area contributed by atoms with Crippen LogP contribution < -0.4 is 4.74 Å². The molecule has 26 heavy (non-hydrogen) atoms. The van der Waals surface area contributed by atoms with Crippen molar-refractivity contribution < 1.29 is 29.6 Å². The first-order chi connectivity index (χ1) is 12.1. The number of hydrogen-bond donors (Lipinski definition) is 3. The Hall–Kier alpha value is -3.28. The van der Waals surface area contributed by atoms with E-state index in [0.29, 0.717) is 11.1 Å². The summed E-state index contributed by atoms with van der Waals surface area (Å²) in [6.07, 6.45) is 3.58. The Morgan fingerprint density at radius 2 is 1.73 bits per heavy atom. The number of ketones is 1. The lowest BCUT2D eigenvalue weighted by molar-refractivity contribution is 0.0691. The van der Waals surface area contributed by atoms with Crippen LogP contribution in [0.25, 0.3) is 6.08 Å². The Kier molecular flexibility index (Phi) is 3.99. The van der Waals surface area contributed by atoms with Gasteiger partial charge in [-0.15, -0.1) is 0 Å². The SMILES string of the molecule is Cc1cc(O)c(C(=O)c2c(O)ccc3c2OC(C)(C)C=C3)c(C(=O)O)c1. The summed E-state index contributed by atoms with van der Waals surface area (Å²) in [4.78, 5) is 24.7. The quantitative estimate of drug-likeness (QED) is 0.729. The smallest absolute Gasteiger partial charge is 0.336 e. The number of rotatable bonds is 3. The van der Waals surface area contributed by atoms with Crippen molar-refractivity contribution in [2.45, 2.75) is 26.4 Å². The molecule has 0 saturated carbocycles. The summed E-state index contributed by atoms with van der Waals surface area (Å²) >= 11 is 0. The number of aryl methyl sites for hydroxylation is 1. The van der Waals surface area contributed by atoms with Crippen LogP contribution in [0.2, 0.25) is 0 Å². The Morgan fingerprint density at radius 1 is 1.04 bits per heavy atom. The second-order valence-electron chi connectivity index (χ2n) is 6.76. The molecule has 0 saturated heterocycles. The maximum atomic E-state index is 13.1. The lowest BCUT2D eigenvalue weighted by atomic mass is 9.91. The van der Waals surface area contributed by atoms with Crippen LogP contribution in [0.15, 0.2) is 30.3 Å². The molecule has 134 valence electrons. The van der Waals surface area contributed by atoms with Gasteiger partial charge >= 0.3 is 5.97 Å². The Bertz CT molecular complexity index is 969. The maximum Gasteiger partial charge on any atom is 0.336 e. The van der Waals surface area contributed by atoms with E-state index in [2.05, 4.69) is 0 Å². The van der Waals surface area contributed by atoms with Crippen molar-refractivity contribution in [3.63, 3.8) is 0 Å². The fourth-order valence-electron chi connectivity index (χ4n) is 2.94. The number of aromatic hydroxyl groups is 2. The van der Waals surface area contributed by atoms with Crippen molar-refractivity contribution in [1.82, 2.24) is 0 Å². The molecule has 2 aromatic rings. The van der Waals surface area contributed by atoms with Gasteiger partial charge in [0, 0.05) is 5.56 Å². The number of carboxylic acids is 1. The van der Waals surface area contributed by atoms with Gasteiger partial charge in [0.25, 0.3) is 0 Å². The molecule has 0 aliphatic carbocycles. The molecule has 1 heterocycles. The lowest BCUT2D eigenvalue weighted by Gasteiger charge is -2.29. The van der Waals surface area contributed by atoms with Gasteiger partial charge < -0.3 is 20.1 Å². The molecule has 0 bridgehead atoms. The predicted octanol–water partition coefficient (Wildman–Crippen LogP) is 3.52.